The van der Waals surface area contributed by atoms with Crippen LogP contribution in [0.3, 0.4) is 0 Å². The Hall–Kier alpha value is -3.04. The zero-order valence-corrected chi connectivity index (χ0v) is 16.9. The van der Waals surface area contributed by atoms with Gasteiger partial charge in [-0.05, 0) is 62.5 Å². The Kier molecular flexibility index (Phi) is 15.2. The Labute approximate surface area is 174 Å². The predicted molar refractivity (Wildman–Crippen MR) is 106 cm³/mol. The van der Waals surface area contributed by atoms with Crippen molar-refractivity contribution in [2.75, 3.05) is 0 Å². The van der Waals surface area contributed by atoms with Gasteiger partial charge in [-0.25, -0.2) is 19.2 Å². The van der Waals surface area contributed by atoms with Crippen LogP contribution in [0.2, 0.25) is 0 Å². The molecule has 4 N–H and O–H groups in total. The second-order valence-electron chi connectivity index (χ2n) is 6.63. The summed E-state index contributed by atoms with van der Waals surface area (Å²) in [6, 6.07) is 0. The summed E-state index contributed by atoms with van der Waals surface area (Å²) in [6.45, 7) is 0. The molecule has 1 heterocycles. The number of cyclic esters (lactones) is 4. The fourth-order valence-electron chi connectivity index (χ4n) is 3.11. The van der Waals surface area contributed by atoms with Crippen LogP contribution in [-0.2, 0) is 9.47 Å². The van der Waals surface area contributed by atoms with Crippen LogP contribution in [0.5, 0.6) is 0 Å². The van der Waals surface area contributed by atoms with Crippen molar-refractivity contribution in [2.24, 2.45) is 0 Å². The molecule has 3 aliphatic rings. The molecule has 0 aromatic carbocycles. The van der Waals surface area contributed by atoms with Crippen molar-refractivity contribution >= 4 is 24.6 Å². The van der Waals surface area contributed by atoms with Crippen LogP contribution in [0.25, 0.3) is 0 Å². The Morgan fingerprint density at radius 2 is 0.900 bits per heavy atom. The lowest BCUT2D eigenvalue weighted by Crippen LogP contribution is -2.27. The summed E-state index contributed by atoms with van der Waals surface area (Å²) in [5.41, 5.74) is 3.42. The molecule has 0 spiro atoms. The average molecular weight is 430 g/mol. The highest BCUT2D eigenvalue weighted by Gasteiger charge is 2.27. The van der Waals surface area contributed by atoms with Crippen LogP contribution in [0.15, 0.2) is 23.3 Å². The number of ether oxygens (including phenoxy) is 2. The van der Waals surface area contributed by atoms with Crippen LogP contribution in [-0.4, -0.2) is 45.0 Å². The van der Waals surface area contributed by atoms with E-state index >= 15 is 0 Å². The third kappa shape index (κ3) is 17.1. The normalized spacial score (nSPS) is 21.7. The number of carbonyl (C=O) groups excluding carboxylic acids is 2. The monoisotopic (exact) mass is 430 g/mol. The number of rotatable bonds is 1. The summed E-state index contributed by atoms with van der Waals surface area (Å²) >= 11 is 0. The molecular formula is C20H30O10. The largest absolute Gasteiger partial charge is 0.528 e. The second-order valence-corrected chi connectivity index (χ2v) is 6.63. The lowest BCUT2D eigenvalue weighted by molar-refractivity contribution is 0.00673. The van der Waals surface area contributed by atoms with E-state index in [9.17, 15) is 9.59 Å². The fourth-order valence-corrected chi connectivity index (χ4v) is 3.11. The third-order valence-electron chi connectivity index (χ3n) is 4.33. The topological polar surface area (TPSA) is 168 Å². The first-order chi connectivity index (χ1) is 14.2. The first-order valence-electron chi connectivity index (χ1n) is 9.88. The van der Waals surface area contributed by atoms with Gasteiger partial charge in [-0.1, -0.05) is 37.8 Å². The van der Waals surface area contributed by atoms with E-state index in [0.29, 0.717) is 0 Å². The molecule has 10 heteroatoms. The summed E-state index contributed by atoms with van der Waals surface area (Å²) in [5, 5.41) is 27.9. The van der Waals surface area contributed by atoms with Gasteiger partial charge in [0.05, 0.1) is 0 Å². The van der Waals surface area contributed by atoms with Gasteiger partial charge in [0.1, 0.15) is 0 Å². The Morgan fingerprint density at radius 3 is 1.17 bits per heavy atom. The maximum Gasteiger partial charge on any atom is 0.528 e. The minimum Gasteiger partial charge on any atom is -0.450 e. The summed E-state index contributed by atoms with van der Waals surface area (Å²) < 4.78 is 7.28. The van der Waals surface area contributed by atoms with Crippen molar-refractivity contribution < 1.29 is 49.1 Å². The summed E-state index contributed by atoms with van der Waals surface area (Å²) in [5.74, 6) is 0. The van der Waals surface area contributed by atoms with Gasteiger partial charge in [0.2, 0.25) is 0 Å². The smallest absolute Gasteiger partial charge is 0.450 e. The summed E-state index contributed by atoms with van der Waals surface area (Å²) in [7, 11) is 0. The Morgan fingerprint density at radius 1 is 0.600 bits per heavy atom. The molecule has 2 aliphatic carbocycles. The van der Waals surface area contributed by atoms with Gasteiger partial charge in [0.15, 0.2) is 0 Å². The van der Waals surface area contributed by atoms with Crippen LogP contribution in [0, 0.1) is 0 Å². The van der Waals surface area contributed by atoms with E-state index in [1.54, 1.807) is 11.1 Å². The minimum absolute atomic E-state index is 0.917. The SMILES string of the molecule is C1=C(\C2=C\CCCCCC2)CCCCCC/1.O=C(O)O.O=C(O)O.O=C1OC(=O)O1. The molecule has 1 aliphatic heterocycles. The second kappa shape index (κ2) is 16.9. The van der Waals surface area contributed by atoms with E-state index in [0.717, 1.165) is 0 Å². The quantitative estimate of drug-likeness (QED) is 0.275. The number of hydrogen-bond acceptors (Lipinski definition) is 6. The number of hydrogen-bond donors (Lipinski definition) is 4. The molecule has 3 rings (SSSR count). The fraction of sp³-hybridized carbons (Fsp3) is 0.600. The first-order valence-corrected chi connectivity index (χ1v) is 9.88. The molecule has 30 heavy (non-hydrogen) atoms. The van der Waals surface area contributed by atoms with Gasteiger partial charge in [-0.3, -0.25) is 0 Å². The highest BCUT2D eigenvalue weighted by molar-refractivity contribution is 5.93. The highest BCUT2D eigenvalue weighted by atomic mass is 16.9. The van der Waals surface area contributed by atoms with Crippen LogP contribution in [0.4, 0.5) is 19.2 Å². The molecule has 0 saturated carbocycles. The lowest BCUT2D eigenvalue weighted by Gasteiger charge is -2.17. The number of carbonyl (C=O) groups is 4. The predicted octanol–water partition coefficient (Wildman–Crippen LogP) is 6.27. The van der Waals surface area contributed by atoms with Gasteiger partial charge in [0.25, 0.3) is 0 Å². The van der Waals surface area contributed by atoms with Crippen LogP contribution in [0.1, 0.15) is 77.0 Å². The molecule has 0 bridgehead atoms. The lowest BCUT2D eigenvalue weighted by atomic mass is 9.89. The van der Waals surface area contributed by atoms with Gasteiger partial charge >= 0.3 is 24.6 Å². The number of carboxylic acid groups (broad SMARTS) is 4. The maximum atomic E-state index is 9.44. The van der Waals surface area contributed by atoms with Crippen molar-refractivity contribution in [3.63, 3.8) is 0 Å². The van der Waals surface area contributed by atoms with E-state index in [4.69, 9.17) is 30.0 Å². The average Bonchev–Trinajstić information content (AvgIpc) is 2.54. The Balaban J connectivity index is 0.000000492. The molecule has 10 nitrogen and oxygen atoms in total. The number of allylic oxidation sites excluding steroid dienone is 4. The van der Waals surface area contributed by atoms with Crippen molar-refractivity contribution in [3.05, 3.63) is 23.3 Å². The van der Waals surface area contributed by atoms with Gasteiger partial charge < -0.3 is 29.9 Å². The molecule has 0 aromatic rings. The van der Waals surface area contributed by atoms with Crippen molar-refractivity contribution in [3.8, 4) is 0 Å². The minimum atomic E-state index is -1.83. The van der Waals surface area contributed by atoms with E-state index in [1.807, 2.05) is 0 Å². The molecule has 1 fully saturated rings. The molecule has 0 atom stereocenters. The van der Waals surface area contributed by atoms with Crippen LogP contribution < -0.4 is 0 Å². The van der Waals surface area contributed by atoms with Crippen molar-refractivity contribution in [1.29, 1.82) is 0 Å². The molecule has 0 aromatic heterocycles. The zero-order chi connectivity index (χ0) is 22.8. The van der Waals surface area contributed by atoms with Crippen molar-refractivity contribution in [2.45, 2.75) is 77.0 Å². The van der Waals surface area contributed by atoms with Crippen LogP contribution >= 0.6 is 0 Å². The molecule has 170 valence electrons. The molecule has 0 unspecified atom stereocenters. The summed E-state index contributed by atoms with van der Waals surface area (Å²) in [6.07, 6.45) is 16.4. The van der Waals surface area contributed by atoms with Gasteiger partial charge in [-0.15, -0.1) is 0 Å². The van der Waals surface area contributed by atoms with Gasteiger partial charge in [-0.2, -0.15) is 0 Å². The zero-order valence-electron chi connectivity index (χ0n) is 16.9. The van der Waals surface area contributed by atoms with E-state index in [2.05, 4.69) is 21.6 Å². The summed E-state index contributed by atoms with van der Waals surface area (Å²) in [4.78, 5) is 36.0. The molecule has 0 amide bonds. The molecule has 1 saturated heterocycles. The van der Waals surface area contributed by atoms with E-state index < -0.39 is 24.6 Å². The van der Waals surface area contributed by atoms with E-state index in [-0.39, 0.29) is 0 Å². The Bertz CT molecular complexity index is 551. The third-order valence-corrected chi connectivity index (χ3v) is 4.33. The van der Waals surface area contributed by atoms with Crippen molar-refractivity contribution in [1.82, 2.24) is 0 Å². The standard InChI is InChI=1S/C16H26.C2O4.2CH2O3/c1-3-7-11-15(12-8-4-1)16-13-9-5-2-6-10-14-16;3-1-5-2(4)6-1;2*2-1(3)4/h11,13H,1-10,12,14H2;;2*(H2,2,3,4)/b15-11-,16-13+;;;. The maximum absolute atomic E-state index is 9.44. The van der Waals surface area contributed by atoms with Gasteiger partial charge in [0, 0.05) is 0 Å². The molecule has 0 radical (unpaired) electrons. The molecular weight excluding hydrogens is 400 g/mol. The highest BCUT2D eigenvalue weighted by Crippen LogP contribution is 2.28. The first kappa shape index (κ1) is 27.0. The van der Waals surface area contributed by atoms with E-state index in [1.165, 1.54) is 77.0 Å².